The third-order valence-corrected chi connectivity index (χ3v) is 6.68. The average molecular weight is 435 g/mol. The maximum absolute atomic E-state index is 12.9. The Kier molecular flexibility index (Phi) is 5.99. The first-order valence-electron chi connectivity index (χ1n) is 11.4. The van der Waals surface area contributed by atoms with Crippen molar-refractivity contribution in [1.82, 2.24) is 14.8 Å². The van der Waals surface area contributed by atoms with E-state index in [0.29, 0.717) is 12.5 Å². The monoisotopic (exact) mass is 434 g/mol. The molecule has 0 spiro atoms. The summed E-state index contributed by atoms with van der Waals surface area (Å²) in [5.41, 5.74) is 2.96. The van der Waals surface area contributed by atoms with Gasteiger partial charge in [-0.15, -0.1) is 0 Å². The second-order valence-corrected chi connectivity index (χ2v) is 8.64. The molecule has 7 nitrogen and oxygen atoms in total. The number of piperazine rings is 1. The van der Waals surface area contributed by atoms with Gasteiger partial charge in [-0.25, -0.2) is 4.98 Å². The summed E-state index contributed by atoms with van der Waals surface area (Å²) < 4.78 is 11.2. The summed E-state index contributed by atoms with van der Waals surface area (Å²) in [6.07, 6.45) is 1.96. The zero-order chi connectivity index (χ0) is 21.9. The number of piperidine rings is 1. The largest absolute Gasteiger partial charge is 0.497 e. The maximum atomic E-state index is 12.9. The zero-order valence-corrected chi connectivity index (χ0v) is 18.6. The van der Waals surface area contributed by atoms with Gasteiger partial charge in [-0.2, -0.15) is 0 Å². The van der Waals surface area contributed by atoms with Crippen LogP contribution in [0.2, 0.25) is 0 Å². The zero-order valence-electron chi connectivity index (χ0n) is 18.6. The molecule has 1 amide bonds. The van der Waals surface area contributed by atoms with Gasteiger partial charge in [0.15, 0.2) is 11.5 Å². The molecule has 2 aliphatic heterocycles. The predicted octanol–water partition coefficient (Wildman–Crippen LogP) is 3.36. The van der Waals surface area contributed by atoms with Crippen molar-refractivity contribution >= 4 is 22.7 Å². The SMILES string of the molecule is COc1ccc(N2CCN(C(=O)CN3CCC(c4nc5ccccc5o4)CC3)CC2)cc1. The van der Waals surface area contributed by atoms with Crippen molar-refractivity contribution in [3.05, 3.63) is 54.4 Å². The van der Waals surface area contributed by atoms with E-state index in [9.17, 15) is 4.79 Å². The number of amides is 1. The summed E-state index contributed by atoms with van der Waals surface area (Å²) in [6.45, 7) is 5.56. The third-order valence-electron chi connectivity index (χ3n) is 6.68. The van der Waals surface area contributed by atoms with Crippen LogP contribution in [0.4, 0.5) is 5.69 Å². The number of carbonyl (C=O) groups is 1. The Hall–Kier alpha value is -3.06. The lowest BCUT2D eigenvalue weighted by Crippen LogP contribution is -2.51. The number of hydrogen-bond donors (Lipinski definition) is 0. The van der Waals surface area contributed by atoms with Crippen LogP contribution in [0.5, 0.6) is 5.75 Å². The molecule has 0 N–H and O–H groups in total. The highest BCUT2D eigenvalue weighted by atomic mass is 16.5. The number of benzene rings is 2. The molecule has 3 aromatic rings. The molecule has 1 aromatic heterocycles. The number of para-hydroxylation sites is 2. The van der Waals surface area contributed by atoms with E-state index in [1.807, 2.05) is 41.3 Å². The van der Waals surface area contributed by atoms with Crippen LogP contribution in [0.15, 0.2) is 52.9 Å². The van der Waals surface area contributed by atoms with Crippen molar-refractivity contribution in [1.29, 1.82) is 0 Å². The molecule has 168 valence electrons. The normalized spacial score (nSPS) is 18.3. The molecule has 2 fully saturated rings. The summed E-state index contributed by atoms with van der Waals surface area (Å²) >= 11 is 0. The Morgan fingerprint density at radius 3 is 2.41 bits per heavy atom. The van der Waals surface area contributed by atoms with Gasteiger partial charge in [-0.05, 0) is 62.3 Å². The Bertz CT molecular complexity index is 1020. The number of carbonyl (C=O) groups excluding carboxylic acids is 1. The first kappa shape index (κ1) is 20.8. The highest BCUT2D eigenvalue weighted by Crippen LogP contribution is 2.30. The lowest BCUT2D eigenvalue weighted by Gasteiger charge is -2.38. The van der Waals surface area contributed by atoms with Crippen LogP contribution in [0, 0.1) is 0 Å². The molecule has 3 heterocycles. The van der Waals surface area contributed by atoms with Crippen LogP contribution >= 0.6 is 0 Å². The van der Waals surface area contributed by atoms with E-state index in [-0.39, 0.29) is 5.91 Å². The van der Waals surface area contributed by atoms with Gasteiger partial charge in [0.05, 0.1) is 13.7 Å². The minimum Gasteiger partial charge on any atom is -0.497 e. The lowest BCUT2D eigenvalue weighted by molar-refractivity contribution is -0.133. The van der Waals surface area contributed by atoms with Gasteiger partial charge in [0.25, 0.3) is 0 Å². The fraction of sp³-hybridized carbons (Fsp3) is 0.440. The fourth-order valence-corrected chi connectivity index (χ4v) is 4.70. The average Bonchev–Trinajstić information content (AvgIpc) is 3.29. The standard InChI is InChI=1S/C25H30N4O3/c1-31-21-8-6-20(7-9-21)28-14-16-29(17-15-28)24(30)18-27-12-10-19(11-13-27)25-26-22-4-2-3-5-23(22)32-25/h2-9,19H,10-18H2,1H3. The molecule has 0 bridgehead atoms. The van der Waals surface area contributed by atoms with Crippen LogP contribution in [-0.2, 0) is 4.79 Å². The molecular weight excluding hydrogens is 404 g/mol. The van der Waals surface area contributed by atoms with Gasteiger partial charge in [0, 0.05) is 37.8 Å². The molecule has 7 heteroatoms. The van der Waals surface area contributed by atoms with Crippen molar-refractivity contribution in [2.45, 2.75) is 18.8 Å². The van der Waals surface area contributed by atoms with Crippen molar-refractivity contribution in [2.24, 2.45) is 0 Å². The summed E-state index contributed by atoms with van der Waals surface area (Å²) in [7, 11) is 1.68. The number of nitrogens with zero attached hydrogens (tertiary/aromatic N) is 4. The Balaban J connectivity index is 1.09. The first-order valence-corrected chi connectivity index (χ1v) is 11.4. The Morgan fingerprint density at radius 2 is 1.72 bits per heavy atom. The number of aromatic nitrogens is 1. The number of rotatable bonds is 5. The van der Waals surface area contributed by atoms with Crippen LogP contribution in [0.25, 0.3) is 11.1 Å². The van der Waals surface area contributed by atoms with E-state index in [1.54, 1.807) is 7.11 Å². The van der Waals surface area contributed by atoms with Gasteiger partial charge in [-0.1, -0.05) is 12.1 Å². The quantitative estimate of drug-likeness (QED) is 0.614. The van der Waals surface area contributed by atoms with Crippen molar-refractivity contribution < 1.29 is 13.9 Å². The molecule has 2 saturated heterocycles. The Labute approximate surface area is 188 Å². The van der Waals surface area contributed by atoms with E-state index in [4.69, 9.17) is 9.15 Å². The van der Waals surface area contributed by atoms with Gasteiger partial charge < -0.3 is 19.0 Å². The molecule has 0 unspecified atom stereocenters. The number of fused-ring (bicyclic) bond motifs is 1. The topological polar surface area (TPSA) is 62.1 Å². The van der Waals surface area contributed by atoms with Crippen LogP contribution in [0.1, 0.15) is 24.7 Å². The van der Waals surface area contributed by atoms with E-state index in [2.05, 4.69) is 26.9 Å². The number of anilines is 1. The number of ether oxygens (including phenoxy) is 1. The summed E-state index contributed by atoms with van der Waals surface area (Å²) in [4.78, 5) is 24.2. The molecule has 2 aliphatic rings. The lowest BCUT2D eigenvalue weighted by atomic mass is 9.97. The molecule has 0 atom stereocenters. The maximum Gasteiger partial charge on any atom is 0.236 e. The number of oxazole rings is 1. The predicted molar refractivity (Wildman–Crippen MR) is 124 cm³/mol. The van der Waals surface area contributed by atoms with Crippen molar-refractivity contribution in [3.8, 4) is 5.75 Å². The molecule has 0 aliphatic carbocycles. The highest BCUT2D eigenvalue weighted by Gasteiger charge is 2.28. The van der Waals surface area contributed by atoms with Crippen molar-refractivity contribution in [2.75, 3.05) is 57.8 Å². The Morgan fingerprint density at radius 1 is 1.00 bits per heavy atom. The van der Waals surface area contributed by atoms with Gasteiger partial charge in [0.1, 0.15) is 11.3 Å². The molecule has 0 saturated carbocycles. The third kappa shape index (κ3) is 4.43. The highest BCUT2D eigenvalue weighted by molar-refractivity contribution is 5.78. The van der Waals surface area contributed by atoms with Crippen LogP contribution in [-0.4, -0.2) is 73.6 Å². The van der Waals surface area contributed by atoms with Gasteiger partial charge in [-0.3, -0.25) is 9.69 Å². The van der Waals surface area contributed by atoms with Crippen LogP contribution in [0.3, 0.4) is 0 Å². The first-order chi connectivity index (χ1) is 15.7. The van der Waals surface area contributed by atoms with E-state index >= 15 is 0 Å². The molecule has 2 aromatic carbocycles. The molecule has 5 rings (SSSR count). The number of methoxy groups -OCH3 is 1. The summed E-state index contributed by atoms with van der Waals surface area (Å²) in [5, 5.41) is 0. The number of hydrogen-bond acceptors (Lipinski definition) is 6. The molecule has 32 heavy (non-hydrogen) atoms. The van der Waals surface area contributed by atoms with Gasteiger partial charge in [0.2, 0.25) is 5.91 Å². The van der Waals surface area contributed by atoms with E-state index in [0.717, 1.165) is 74.9 Å². The van der Waals surface area contributed by atoms with Crippen molar-refractivity contribution in [3.63, 3.8) is 0 Å². The number of likely N-dealkylation sites (tertiary alicyclic amines) is 1. The molecule has 0 radical (unpaired) electrons. The van der Waals surface area contributed by atoms with E-state index in [1.165, 1.54) is 5.69 Å². The minimum atomic E-state index is 0.236. The molecular formula is C25H30N4O3. The smallest absolute Gasteiger partial charge is 0.236 e. The summed E-state index contributed by atoms with van der Waals surface area (Å²) in [6, 6.07) is 16.0. The summed E-state index contributed by atoms with van der Waals surface area (Å²) in [5.74, 6) is 2.27. The van der Waals surface area contributed by atoms with Crippen LogP contribution < -0.4 is 9.64 Å². The van der Waals surface area contributed by atoms with Gasteiger partial charge >= 0.3 is 0 Å². The second kappa shape index (κ2) is 9.20. The van der Waals surface area contributed by atoms with E-state index < -0.39 is 0 Å². The minimum absolute atomic E-state index is 0.236. The second-order valence-electron chi connectivity index (χ2n) is 8.64. The fourth-order valence-electron chi connectivity index (χ4n) is 4.70.